The number of hydrogen-bond donors (Lipinski definition) is 1. The van der Waals surface area contributed by atoms with Crippen LogP contribution in [0.2, 0.25) is 5.02 Å². The highest BCUT2D eigenvalue weighted by molar-refractivity contribution is 7.89. The Bertz CT molecular complexity index is 771. The Labute approximate surface area is 138 Å². The first-order valence-corrected chi connectivity index (χ1v) is 9.05. The molecule has 0 aliphatic heterocycles. The number of thiophene rings is 1. The number of benzene rings is 1. The Balaban J connectivity index is 2.24. The Morgan fingerprint density at radius 2 is 2.05 bits per heavy atom. The molecular weight excluding hydrogens is 344 g/mol. The molecule has 0 spiro atoms. The average Bonchev–Trinajstić information content (AvgIpc) is 2.98. The maximum atomic E-state index is 12.2. The highest BCUT2D eigenvalue weighted by atomic mass is 35.5. The van der Waals surface area contributed by atoms with Crippen molar-refractivity contribution in [3.63, 3.8) is 0 Å². The highest BCUT2D eigenvalue weighted by Gasteiger charge is 2.22. The van der Waals surface area contributed by atoms with E-state index in [0.29, 0.717) is 6.54 Å². The van der Waals surface area contributed by atoms with Crippen LogP contribution in [0, 0.1) is 0 Å². The molecule has 1 heterocycles. The number of nitrogens with zero attached hydrogens (tertiary/aromatic N) is 1. The lowest BCUT2D eigenvalue weighted by atomic mass is 10.2. The summed E-state index contributed by atoms with van der Waals surface area (Å²) in [7, 11) is -0.874. The van der Waals surface area contributed by atoms with Crippen LogP contribution in [0.15, 0.2) is 40.6 Å². The van der Waals surface area contributed by atoms with Gasteiger partial charge in [0.2, 0.25) is 10.0 Å². The first-order valence-electron chi connectivity index (χ1n) is 6.35. The average molecular weight is 359 g/mol. The van der Waals surface area contributed by atoms with Crippen LogP contribution in [0.25, 0.3) is 0 Å². The molecule has 2 rings (SSSR count). The molecule has 5 nitrogen and oxygen atoms in total. The molecule has 0 atom stereocenters. The summed E-state index contributed by atoms with van der Waals surface area (Å²) in [4.78, 5) is 13.1. The molecule has 0 saturated heterocycles. The minimum Gasteiger partial charge on any atom is -0.347 e. The maximum Gasteiger partial charge on any atom is 0.251 e. The van der Waals surface area contributed by atoms with Gasteiger partial charge in [0.15, 0.2) is 0 Å². The summed E-state index contributed by atoms with van der Waals surface area (Å²) in [5, 5.41) is 4.76. The van der Waals surface area contributed by atoms with E-state index in [1.165, 1.54) is 43.6 Å². The minimum absolute atomic E-state index is 0.0806. The van der Waals surface area contributed by atoms with Gasteiger partial charge in [0.05, 0.1) is 11.6 Å². The number of carbonyl (C=O) groups is 1. The van der Waals surface area contributed by atoms with Gasteiger partial charge in [-0.25, -0.2) is 12.7 Å². The molecule has 0 aliphatic rings. The first-order chi connectivity index (χ1) is 10.3. The van der Waals surface area contributed by atoms with E-state index in [4.69, 9.17) is 11.6 Å². The lowest BCUT2D eigenvalue weighted by Gasteiger charge is -2.13. The molecule has 2 aromatic rings. The van der Waals surface area contributed by atoms with E-state index in [-0.39, 0.29) is 21.4 Å². The molecule has 0 fully saturated rings. The fourth-order valence-corrected chi connectivity index (χ4v) is 3.76. The third-order valence-corrected chi connectivity index (χ3v) is 6.13. The lowest BCUT2D eigenvalue weighted by molar-refractivity contribution is 0.0951. The second kappa shape index (κ2) is 6.78. The van der Waals surface area contributed by atoms with Gasteiger partial charge in [-0.3, -0.25) is 4.79 Å². The van der Waals surface area contributed by atoms with Gasteiger partial charge < -0.3 is 5.32 Å². The topological polar surface area (TPSA) is 66.5 Å². The Hall–Kier alpha value is -1.41. The summed E-state index contributed by atoms with van der Waals surface area (Å²) in [6.07, 6.45) is 0. The molecule has 118 valence electrons. The fourth-order valence-electron chi connectivity index (χ4n) is 1.72. The zero-order valence-corrected chi connectivity index (χ0v) is 14.4. The van der Waals surface area contributed by atoms with Crippen LogP contribution in [0.3, 0.4) is 0 Å². The van der Waals surface area contributed by atoms with Crippen molar-refractivity contribution in [1.82, 2.24) is 9.62 Å². The quantitative estimate of drug-likeness (QED) is 0.893. The molecule has 8 heteroatoms. The smallest absolute Gasteiger partial charge is 0.251 e. The Morgan fingerprint density at radius 1 is 1.32 bits per heavy atom. The number of sulfonamides is 1. The normalized spacial score (nSPS) is 11.6. The fraction of sp³-hybridized carbons (Fsp3) is 0.214. The van der Waals surface area contributed by atoms with Gasteiger partial charge in [0.25, 0.3) is 5.91 Å². The predicted molar refractivity (Wildman–Crippen MR) is 87.8 cm³/mol. The van der Waals surface area contributed by atoms with Gasteiger partial charge >= 0.3 is 0 Å². The van der Waals surface area contributed by atoms with Crippen LogP contribution in [0.1, 0.15) is 15.2 Å². The summed E-state index contributed by atoms with van der Waals surface area (Å²) in [5.41, 5.74) is 0.251. The number of hydrogen-bond acceptors (Lipinski definition) is 4. The van der Waals surface area contributed by atoms with Crippen molar-refractivity contribution in [2.75, 3.05) is 14.1 Å². The van der Waals surface area contributed by atoms with Crippen molar-refractivity contribution in [3.8, 4) is 0 Å². The number of rotatable bonds is 5. The van der Waals surface area contributed by atoms with Crippen molar-refractivity contribution < 1.29 is 13.2 Å². The molecule has 0 radical (unpaired) electrons. The van der Waals surface area contributed by atoms with Crippen molar-refractivity contribution in [2.45, 2.75) is 11.4 Å². The second-order valence-electron chi connectivity index (χ2n) is 4.69. The van der Waals surface area contributed by atoms with E-state index >= 15 is 0 Å². The highest BCUT2D eigenvalue weighted by Crippen LogP contribution is 2.24. The van der Waals surface area contributed by atoms with E-state index in [9.17, 15) is 13.2 Å². The summed E-state index contributed by atoms with van der Waals surface area (Å²) in [6, 6.07) is 8.02. The van der Waals surface area contributed by atoms with Crippen LogP contribution in [-0.2, 0) is 16.6 Å². The standard InChI is InChI=1S/C14H15ClN2O3S2/c1-17(2)22(19,20)13-8-10(5-6-12(13)15)14(18)16-9-11-4-3-7-21-11/h3-8H,9H2,1-2H3,(H,16,18). The number of nitrogens with one attached hydrogen (secondary N) is 1. The molecule has 22 heavy (non-hydrogen) atoms. The van der Waals surface area contributed by atoms with Crippen LogP contribution >= 0.6 is 22.9 Å². The Kier molecular flexibility index (Phi) is 5.23. The second-order valence-corrected chi connectivity index (χ2v) is 8.25. The summed E-state index contributed by atoms with van der Waals surface area (Å²) in [5.74, 6) is -0.347. The first kappa shape index (κ1) is 17.0. The van der Waals surface area contributed by atoms with E-state index in [0.717, 1.165) is 9.18 Å². The summed E-state index contributed by atoms with van der Waals surface area (Å²) in [6.45, 7) is 0.398. The molecule has 1 N–H and O–H groups in total. The zero-order valence-electron chi connectivity index (χ0n) is 12.0. The summed E-state index contributed by atoms with van der Waals surface area (Å²) < 4.78 is 25.4. The number of halogens is 1. The largest absolute Gasteiger partial charge is 0.347 e. The monoisotopic (exact) mass is 358 g/mol. The zero-order chi connectivity index (χ0) is 16.3. The van der Waals surface area contributed by atoms with E-state index in [1.807, 2.05) is 17.5 Å². The van der Waals surface area contributed by atoms with E-state index in [2.05, 4.69) is 5.32 Å². The van der Waals surface area contributed by atoms with Crippen molar-refractivity contribution >= 4 is 38.9 Å². The molecule has 1 amide bonds. The Morgan fingerprint density at radius 3 is 2.64 bits per heavy atom. The molecule has 0 unspecified atom stereocenters. The van der Waals surface area contributed by atoms with Gasteiger partial charge in [-0.2, -0.15) is 0 Å². The minimum atomic E-state index is -3.70. The molecular formula is C14H15ClN2O3S2. The third kappa shape index (κ3) is 3.67. The predicted octanol–water partition coefficient (Wildman–Crippen LogP) is 2.58. The van der Waals surface area contributed by atoms with Crippen molar-refractivity contribution in [3.05, 3.63) is 51.2 Å². The van der Waals surface area contributed by atoms with Gasteiger partial charge in [0, 0.05) is 24.5 Å². The van der Waals surface area contributed by atoms with E-state index in [1.54, 1.807) is 0 Å². The van der Waals surface area contributed by atoms with Crippen molar-refractivity contribution in [2.24, 2.45) is 0 Å². The molecule has 1 aromatic carbocycles. The van der Waals surface area contributed by atoms with Crippen LogP contribution in [0.5, 0.6) is 0 Å². The third-order valence-electron chi connectivity index (χ3n) is 2.96. The summed E-state index contributed by atoms with van der Waals surface area (Å²) >= 11 is 7.49. The SMILES string of the molecule is CN(C)S(=O)(=O)c1cc(C(=O)NCc2cccs2)ccc1Cl. The number of amides is 1. The van der Waals surface area contributed by atoms with Gasteiger partial charge in [-0.05, 0) is 29.6 Å². The maximum absolute atomic E-state index is 12.2. The van der Waals surface area contributed by atoms with Gasteiger partial charge in [0.1, 0.15) is 4.90 Å². The van der Waals surface area contributed by atoms with Crippen LogP contribution < -0.4 is 5.32 Å². The van der Waals surface area contributed by atoms with Gasteiger partial charge in [-0.1, -0.05) is 17.7 Å². The van der Waals surface area contributed by atoms with Crippen molar-refractivity contribution in [1.29, 1.82) is 0 Å². The number of carbonyl (C=O) groups excluding carboxylic acids is 1. The molecule has 0 bridgehead atoms. The molecule has 0 saturated carbocycles. The molecule has 1 aromatic heterocycles. The van der Waals surface area contributed by atoms with Crippen LogP contribution in [0.4, 0.5) is 0 Å². The molecule has 0 aliphatic carbocycles. The lowest BCUT2D eigenvalue weighted by Crippen LogP contribution is -2.25. The van der Waals surface area contributed by atoms with Crippen LogP contribution in [-0.4, -0.2) is 32.7 Å². The van der Waals surface area contributed by atoms with E-state index < -0.39 is 10.0 Å². The van der Waals surface area contributed by atoms with Gasteiger partial charge in [-0.15, -0.1) is 11.3 Å².